The van der Waals surface area contributed by atoms with Crippen LogP contribution in [0.2, 0.25) is 0 Å². The fourth-order valence-corrected chi connectivity index (χ4v) is 5.07. The summed E-state index contributed by atoms with van der Waals surface area (Å²) in [6.45, 7) is 12.0. The minimum atomic E-state index is -0.0216. The molecule has 4 rings (SSSR count). The summed E-state index contributed by atoms with van der Waals surface area (Å²) in [6.07, 6.45) is 7.78. The molecule has 2 unspecified atom stereocenters. The molecule has 6 nitrogen and oxygen atoms in total. The van der Waals surface area contributed by atoms with Crippen molar-refractivity contribution >= 4 is 29.9 Å². The van der Waals surface area contributed by atoms with Crippen molar-refractivity contribution in [1.29, 1.82) is 0 Å². The third kappa shape index (κ3) is 6.46. The second-order valence-electron chi connectivity index (χ2n) is 9.15. The van der Waals surface area contributed by atoms with Crippen LogP contribution in [0.1, 0.15) is 44.7 Å². The first-order valence-corrected chi connectivity index (χ1v) is 12.0. The summed E-state index contributed by atoms with van der Waals surface area (Å²) in [5.74, 6) is 1.07. The van der Waals surface area contributed by atoms with Crippen LogP contribution in [0.3, 0.4) is 0 Å². The summed E-state index contributed by atoms with van der Waals surface area (Å²) >= 11 is 0. The maximum absolute atomic E-state index is 5.71. The van der Waals surface area contributed by atoms with E-state index in [0.717, 1.165) is 71.3 Å². The van der Waals surface area contributed by atoms with Gasteiger partial charge in [0.1, 0.15) is 0 Å². The summed E-state index contributed by atoms with van der Waals surface area (Å²) in [4.78, 5) is 10.2. The second-order valence-corrected chi connectivity index (χ2v) is 9.15. The van der Waals surface area contributed by atoms with Gasteiger partial charge in [-0.15, -0.1) is 24.0 Å². The zero-order valence-corrected chi connectivity index (χ0v) is 22.0. The van der Waals surface area contributed by atoms with Crippen molar-refractivity contribution in [2.45, 2.75) is 50.7 Å². The molecule has 2 saturated heterocycles. The summed E-state index contributed by atoms with van der Waals surface area (Å²) in [5.41, 5.74) is 1.30. The molecule has 178 valence electrons. The predicted molar refractivity (Wildman–Crippen MR) is 143 cm³/mol. The number of hydrogen-bond donors (Lipinski definition) is 2. The quantitative estimate of drug-likeness (QED) is 0.235. The topological polar surface area (TPSA) is 52.1 Å². The lowest BCUT2D eigenvalue weighted by Gasteiger charge is -2.40. The van der Waals surface area contributed by atoms with Crippen molar-refractivity contribution in [2.75, 3.05) is 52.5 Å². The van der Waals surface area contributed by atoms with Gasteiger partial charge >= 0.3 is 0 Å². The van der Waals surface area contributed by atoms with Gasteiger partial charge in [-0.3, -0.25) is 9.89 Å². The highest BCUT2D eigenvalue weighted by Crippen LogP contribution is 2.26. The maximum Gasteiger partial charge on any atom is 0.194 e. The molecule has 2 N–H and O–H groups in total. The average molecular weight is 554 g/mol. The molecule has 3 aliphatic rings. The largest absolute Gasteiger partial charge is 0.381 e. The van der Waals surface area contributed by atoms with E-state index in [1.807, 2.05) is 0 Å². The molecule has 0 saturated carbocycles. The molecule has 0 spiro atoms. The van der Waals surface area contributed by atoms with Crippen LogP contribution in [0.5, 0.6) is 0 Å². The molecule has 0 radical (unpaired) electrons. The van der Waals surface area contributed by atoms with Crippen LogP contribution < -0.4 is 10.6 Å². The third-order valence-corrected chi connectivity index (χ3v) is 6.96. The average Bonchev–Trinajstić information content (AvgIpc) is 3.50. The predicted octanol–water partition coefficient (Wildman–Crippen LogP) is 3.42. The van der Waals surface area contributed by atoms with E-state index in [1.54, 1.807) is 0 Å². The molecule has 0 amide bonds. The molecule has 3 aliphatic heterocycles. The first kappa shape index (κ1) is 25.5. The molecule has 7 heteroatoms. The van der Waals surface area contributed by atoms with Gasteiger partial charge in [-0.25, -0.2) is 0 Å². The Labute approximate surface area is 210 Å². The second kappa shape index (κ2) is 12.3. The van der Waals surface area contributed by atoms with Gasteiger partial charge in [0.25, 0.3) is 0 Å². The lowest BCUT2D eigenvalue weighted by Crippen LogP contribution is -2.53. The van der Waals surface area contributed by atoms with Crippen LogP contribution in [0.4, 0.5) is 0 Å². The normalized spacial score (nSPS) is 24.4. The van der Waals surface area contributed by atoms with E-state index in [0.29, 0.717) is 6.04 Å². The number of guanidine groups is 1. The number of likely N-dealkylation sites (tertiary alicyclic amines) is 1. The van der Waals surface area contributed by atoms with E-state index in [2.05, 4.69) is 76.8 Å². The summed E-state index contributed by atoms with van der Waals surface area (Å²) in [7, 11) is 0. The van der Waals surface area contributed by atoms with Crippen LogP contribution in [0, 0.1) is 0 Å². The van der Waals surface area contributed by atoms with Gasteiger partial charge in [-0.2, -0.15) is 0 Å². The minimum Gasteiger partial charge on any atom is -0.381 e. The number of rotatable bonds is 7. The van der Waals surface area contributed by atoms with Crippen LogP contribution in [-0.4, -0.2) is 79.8 Å². The van der Waals surface area contributed by atoms with E-state index in [9.17, 15) is 0 Å². The Bertz CT molecular complexity index is 742. The first-order chi connectivity index (χ1) is 15.2. The molecule has 0 aliphatic carbocycles. The first-order valence-electron chi connectivity index (χ1n) is 12.0. The number of nitrogens with zero attached hydrogens (tertiary/aromatic N) is 3. The van der Waals surface area contributed by atoms with Crippen LogP contribution in [0.15, 0.2) is 47.5 Å². The van der Waals surface area contributed by atoms with Gasteiger partial charge in [0.15, 0.2) is 5.96 Å². The van der Waals surface area contributed by atoms with Gasteiger partial charge in [0, 0.05) is 63.6 Å². The van der Waals surface area contributed by atoms with E-state index in [4.69, 9.17) is 9.73 Å². The molecule has 0 aromatic heterocycles. The molecular formula is C25H40IN5O. The van der Waals surface area contributed by atoms with Crippen LogP contribution >= 0.6 is 24.0 Å². The Morgan fingerprint density at radius 3 is 2.59 bits per heavy atom. The van der Waals surface area contributed by atoms with Crippen LogP contribution in [-0.2, 0) is 4.74 Å². The SMILES string of the molecule is CCNC(=NCC1(NC(C)c2ccccc2)CCOCC1)N1CCC(N2CC=CC2)C1.I. The fourth-order valence-electron chi connectivity index (χ4n) is 5.07. The van der Waals surface area contributed by atoms with Crippen LogP contribution in [0.25, 0.3) is 0 Å². The van der Waals surface area contributed by atoms with Crippen molar-refractivity contribution in [3.63, 3.8) is 0 Å². The third-order valence-electron chi connectivity index (χ3n) is 6.96. The lowest BCUT2D eigenvalue weighted by atomic mass is 9.88. The van der Waals surface area contributed by atoms with Gasteiger partial charge < -0.3 is 20.3 Å². The Kier molecular flexibility index (Phi) is 9.82. The zero-order valence-electron chi connectivity index (χ0n) is 19.6. The molecule has 0 bridgehead atoms. The van der Waals surface area contributed by atoms with Gasteiger partial charge in [0.2, 0.25) is 0 Å². The molecule has 32 heavy (non-hydrogen) atoms. The highest BCUT2D eigenvalue weighted by Gasteiger charge is 2.35. The highest BCUT2D eigenvalue weighted by atomic mass is 127. The fraction of sp³-hybridized carbons (Fsp3) is 0.640. The van der Waals surface area contributed by atoms with Crippen molar-refractivity contribution in [3.8, 4) is 0 Å². The molecule has 2 fully saturated rings. The molecule has 1 aromatic rings. The molecule has 3 heterocycles. The Morgan fingerprint density at radius 1 is 1.19 bits per heavy atom. The van der Waals surface area contributed by atoms with Gasteiger partial charge in [0.05, 0.1) is 6.54 Å². The summed E-state index contributed by atoms with van der Waals surface area (Å²) in [6, 6.07) is 11.6. The van der Waals surface area contributed by atoms with Gasteiger partial charge in [-0.05, 0) is 38.7 Å². The minimum absolute atomic E-state index is 0. The number of benzene rings is 1. The molecular weight excluding hydrogens is 513 g/mol. The Morgan fingerprint density at radius 2 is 1.91 bits per heavy atom. The standard InChI is InChI=1S/C25H39N5O.HI/c1-3-26-24(30-16-11-23(19-30)29-14-7-8-15-29)27-20-25(12-17-31-18-13-25)28-21(2)22-9-5-4-6-10-22;/h4-10,21,23,28H,3,11-20H2,1-2H3,(H,26,27);1H. The monoisotopic (exact) mass is 553 g/mol. The number of nitrogens with one attached hydrogen (secondary N) is 2. The van der Waals surface area contributed by atoms with E-state index < -0.39 is 0 Å². The zero-order chi connectivity index (χ0) is 21.5. The summed E-state index contributed by atoms with van der Waals surface area (Å²) in [5, 5.41) is 7.50. The molecule has 2 atom stereocenters. The van der Waals surface area contributed by atoms with Gasteiger partial charge in [-0.1, -0.05) is 42.5 Å². The van der Waals surface area contributed by atoms with E-state index >= 15 is 0 Å². The van der Waals surface area contributed by atoms with Crippen molar-refractivity contribution in [2.24, 2.45) is 4.99 Å². The Hall–Kier alpha value is -1.16. The number of hydrogen-bond acceptors (Lipinski definition) is 4. The van der Waals surface area contributed by atoms with Crippen molar-refractivity contribution < 1.29 is 4.74 Å². The van der Waals surface area contributed by atoms with Crippen molar-refractivity contribution in [1.82, 2.24) is 20.4 Å². The smallest absolute Gasteiger partial charge is 0.194 e. The summed E-state index contributed by atoms with van der Waals surface area (Å²) < 4.78 is 5.71. The lowest BCUT2D eigenvalue weighted by molar-refractivity contribution is 0.0373. The Balaban J connectivity index is 0.00000289. The maximum atomic E-state index is 5.71. The van der Waals surface area contributed by atoms with Crippen molar-refractivity contribution in [3.05, 3.63) is 48.0 Å². The number of aliphatic imine (C=N–C) groups is 1. The number of halogens is 1. The number of ether oxygens (including phenoxy) is 1. The highest BCUT2D eigenvalue weighted by molar-refractivity contribution is 14.0. The van der Waals surface area contributed by atoms with E-state index in [-0.39, 0.29) is 35.6 Å². The molecule has 1 aromatic carbocycles. The van der Waals surface area contributed by atoms with E-state index in [1.165, 1.54) is 12.0 Å².